The molecule has 0 unspecified atom stereocenters. The van der Waals surface area contributed by atoms with Crippen LogP contribution in [0.4, 0.5) is 22.7 Å². The van der Waals surface area contributed by atoms with Crippen molar-refractivity contribution in [1.29, 1.82) is 0 Å². The number of benzene rings is 9. The van der Waals surface area contributed by atoms with E-state index in [1.807, 2.05) is 48.5 Å². The number of aromatic carboxylic acids is 2. The fraction of sp³-hybridized carbons (Fsp3) is 0.0339. The number of aromatic amines is 8. The first-order valence-electron chi connectivity index (χ1n) is 27.9. The minimum atomic E-state index is -1.01. The number of carbonyl (C=O) groups excluding carboxylic acids is 1. The molecule has 17 aromatic rings. The van der Waals surface area contributed by atoms with Gasteiger partial charge in [0.2, 0.25) is 0 Å². The average Bonchev–Trinajstić information content (AvgIpc) is 2.22. The first-order valence-corrected chi connectivity index (χ1v) is 28.2. The van der Waals surface area contributed by atoms with E-state index in [-0.39, 0.29) is 28.4 Å². The summed E-state index contributed by atoms with van der Waals surface area (Å²) >= 11 is 5.69. The van der Waals surface area contributed by atoms with Crippen LogP contribution in [0.1, 0.15) is 42.2 Å². The highest BCUT2D eigenvalue weighted by Gasteiger charge is 2.14. The maximum Gasteiger partial charge on any atom is 0.335 e. The molecule has 17 rings (SSSR count). The minimum Gasteiger partial charge on any atom is -0.478 e. The molecule has 9 aromatic carbocycles. The third-order valence-corrected chi connectivity index (χ3v) is 13.6. The summed E-state index contributed by atoms with van der Waals surface area (Å²) in [5.74, 6) is -2.27. The predicted molar refractivity (Wildman–Crippen MR) is 352 cm³/mol. The molecule has 1 amide bonds. The Labute approximate surface area is 543 Å². The molecule has 37 nitrogen and oxygen atoms in total. The number of hydrogen-bond acceptors (Lipinski definition) is 24. The summed E-state index contributed by atoms with van der Waals surface area (Å²) in [5.41, 5.74) is 21.5. The summed E-state index contributed by atoms with van der Waals surface area (Å²) in [6.45, 7) is 4.15. The lowest BCUT2D eigenvalue weighted by atomic mass is 10.1. The molecule has 38 heteroatoms. The number of aromatic nitrogens is 24. The first kappa shape index (κ1) is 65.4. The van der Waals surface area contributed by atoms with E-state index in [9.17, 15) is 34.6 Å². The van der Waals surface area contributed by atoms with Crippen molar-refractivity contribution in [3.63, 3.8) is 0 Å². The number of amides is 1. The van der Waals surface area contributed by atoms with Gasteiger partial charge < -0.3 is 21.3 Å². The maximum absolute atomic E-state index is 12.1. The van der Waals surface area contributed by atoms with E-state index in [1.165, 1.54) is 65.7 Å². The van der Waals surface area contributed by atoms with Gasteiger partial charge in [0.1, 0.15) is 82.8 Å². The summed E-state index contributed by atoms with van der Waals surface area (Å²) in [6.07, 6.45) is 0. The number of nitrogens with one attached hydrogen (secondary N) is 9. The zero-order valence-corrected chi connectivity index (χ0v) is 50.7. The van der Waals surface area contributed by atoms with Crippen molar-refractivity contribution in [2.75, 3.05) is 11.1 Å². The number of carboxylic acid groups (broad SMARTS) is 2. The van der Waals surface area contributed by atoms with E-state index in [0.717, 1.165) is 44.1 Å². The van der Waals surface area contributed by atoms with E-state index >= 15 is 0 Å². The number of nitrogen functional groups attached to an aromatic ring is 1. The Hall–Kier alpha value is -14.5. The zero-order valence-electron chi connectivity index (χ0n) is 49.9. The van der Waals surface area contributed by atoms with Crippen molar-refractivity contribution in [2.24, 2.45) is 0 Å². The monoisotopic (exact) mass is 1330 g/mol. The number of carbonyl (C=O) groups is 3. The van der Waals surface area contributed by atoms with Crippen LogP contribution in [-0.4, -0.2) is 161 Å². The van der Waals surface area contributed by atoms with Crippen LogP contribution < -0.4 is 11.1 Å². The third-order valence-electron chi connectivity index (χ3n) is 13.3. The van der Waals surface area contributed by atoms with Crippen LogP contribution in [0.3, 0.4) is 0 Å². The van der Waals surface area contributed by atoms with Gasteiger partial charge in [-0.3, -0.25) is 25.0 Å². The molecule has 0 saturated heterocycles. The van der Waals surface area contributed by atoms with Gasteiger partial charge >= 0.3 is 11.9 Å². The Balaban J connectivity index is 0.000000122. The quantitative estimate of drug-likeness (QED) is 0.0419. The van der Waals surface area contributed by atoms with Gasteiger partial charge in [0.15, 0.2) is 5.52 Å². The molecule has 0 spiro atoms. The van der Waals surface area contributed by atoms with Crippen molar-refractivity contribution in [2.45, 2.75) is 13.8 Å². The third kappa shape index (κ3) is 17.1. The summed E-state index contributed by atoms with van der Waals surface area (Å²) in [4.78, 5) is 53.2. The van der Waals surface area contributed by atoms with Gasteiger partial charge in [-0.05, 0) is 158 Å². The molecular formula is C59H47ClN28O9. The minimum absolute atomic E-state index is 0.0244. The number of hydrogen-bond donors (Lipinski definition) is 12. The molecule has 484 valence electrons. The second kappa shape index (κ2) is 30.5. The van der Waals surface area contributed by atoms with Crippen molar-refractivity contribution < 1.29 is 34.4 Å². The first-order chi connectivity index (χ1) is 46.9. The van der Waals surface area contributed by atoms with Gasteiger partial charge in [0.05, 0.1) is 21.0 Å². The van der Waals surface area contributed by atoms with Crippen LogP contribution in [0.25, 0.3) is 88.3 Å². The molecule has 8 heterocycles. The van der Waals surface area contributed by atoms with Crippen LogP contribution in [0.15, 0.2) is 170 Å². The fourth-order valence-corrected chi connectivity index (χ4v) is 8.52. The number of nitrogens with two attached hydrogens (primary N) is 1. The average molecular weight is 1330 g/mol. The Bertz CT molecular complexity index is 5340. The number of nitro groups is 2. The molecule has 8 aromatic heterocycles. The van der Waals surface area contributed by atoms with Gasteiger partial charge in [-0.1, -0.05) is 29.8 Å². The number of para-hydroxylation sites is 3. The Morgan fingerprint density at radius 1 is 0.392 bits per heavy atom. The summed E-state index contributed by atoms with van der Waals surface area (Å²) in [6, 6.07) is 47.0. The van der Waals surface area contributed by atoms with E-state index in [4.69, 9.17) is 27.5 Å². The molecule has 0 saturated carbocycles. The number of carboxylic acids is 2. The largest absolute Gasteiger partial charge is 0.478 e. The lowest BCUT2D eigenvalue weighted by Gasteiger charge is -2.05. The van der Waals surface area contributed by atoms with Crippen LogP contribution in [-0.2, 0) is 0 Å². The van der Waals surface area contributed by atoms with Crippen LogP contribution >= 0.6 is 11.6 Å². The molecule has 0 fully saturated rings. The molecular weight excluding hydrogens is 1280 g/mol. The predicted octanol–water partition coefficient (Wildman–Crippen LogP) is 8.98. The number of anilines is 2. The van der Waals surface area contributed by atoms with E-state index in [0.29, 0.717) is 66.1 Å². The smallest absolute Gasteiger partial charge is 0.335 e. The van der Waals surface area contributed by atoms with Gasteiger partial charge in [0.25, 0.3) is 17.3 Å². The lowest BCUT2D eigenvalue weighted by Crippen LogP contribution is -2.11. The molecule has 0 aliphatic heterocycles. The summed E-state index contributed by atoms with van der Waals surface area (Å²) in [5, 5.41) is 123. The second-order valence-corrected chi connectivity index (χ2v) is 20.2. The van der Waals surface area contributed by atoms with Crippen LogP contribution in [0, 0.1) is 34.1 Å². The van der Waals surface area contributed by atoms with Crippen molar-refractivity contribution in [3.05, 3.63) is 223 Å². The van der Waals surface area contributed by atoms with Gasteiger partial charge in [-0.15, -0.1) is 5.10 Å². The number of rotatable bonds is 6. The second-order valence-electron chi connectivity index (χ2n) is 19.8. The maximum atomic E-state index is 12.1. The number of H-pyrrole nitrogens is 8. The Morgan fingerprint density at radius 3 is 1.26 bits per heavy atom. The van der Waals surface area contributed by atoms with E-state index in [2.05, 4.69) is 142 Å². The number of non-ortho nitro benzene ring substituents is 2. The van der Waals surface area contributed by atoms with Crippen LogP contribution in [0.5, 0.6) is 0 Å². The van der Waals surface area contributed by atoms with E-state index < -0.39 is 21.8 Å². The summed E-state index contributed by atoms with van der Waals surface area (Å²) < 4.78 is 0. The normalized spacial score (nSPS) is 10.4. The standard InChI is InChI=1S/C14H10N4O3.C8H9N3.C7H5N3O2.C6H4ClN3.2C6H4N4O2.C6H6N4.C6H5N3/c19-13(9-3-6-11-12(7-9)17-18-16-11)15-10-4-1-8(2-5-10)14(20)21;1-5-3-7-8(4-6(5)2)10-11-9-7;11-7(12)4-1-2-5-6(3-4)9-10-8-5;7-4-1-2-5-6(3-4)9-10-8-5;11-10(12)4-1-2-5-6(3-4)8-9-7-5;11-10(12)5-3-1-2-4-6(5)8-9-7-4;7-4-1-2-5-6(3-4)9-10-8-5;1-2-4-6-5(3-1)7-9-8-6/h1-7H,(H,15,19)(H,20,21)(H,16,17,18);3-4H,1-2H3,(H,9,10,11);1-3H,(H,11,12)(H,8,9,10);1-3H,(H,8,9,10);2*1-3H,(H,7,8,9);1-3H,7H2,(H,8,9,10);1-4H,(H,7,8,9). The molecule has 13 N–H and O–H groups in total. The number of fused-ring (bicyclic) bond motifs is 8. The van der Waals surface area contributed by atoms with Gasteiger partial charge in [-0.25, -0.2) is 9.59 Å². The highest BCUT2D eigenvalue weighted by atomic mass is 35.5. The van der Waals surface area contributed by atoms with Crippen molar-refractivity contribution in [3.8, 4) is 0 Å². The van der Waals surface area contributed by atoms with E-state index in [1.54, 1.807) is 66.7 Å². The Morgan fingerprint density at radius 2 is 0.763 bits per heavy atom. The highest BCUT2D eigenvalue weighted by molar-refractivity contribution is 6.31. The zero-order chi connectivity index (χ0) is 68.4. The Kier molecular flexibility index (Phi) is 20.6. The molecule has 0 aliphatic rings. The lowest BCUT2D eigenvalue weighted by molar-refractivity contribution is -0.384. The molecule has 0 radical (unpaired) electrons. The number of halogens is 1. The fourth-order valence-electron chi connectivity index (χ4n) is 8.35. The van der Waals surface area contributed by atoms with Crippen molar-refractivity contribution in [1.82, 2.24) is 123 Å². The molecule has 0 atom stereocenters. The van der Waals surface area contributed by atoms with Gasteiger partial charge in [-0.2, -0.15) is 118 Å². The molecule has 0 bridgehead atoms. The molecule has 97 heavy (non-hydrogen) atoms. The number of nitro benzene ring substituents is 2. The SMILES string of the molecule is Cc1cc2n[nH]nc2cc1C.Clc1ccc2n[nH]nc2c1.Nc1ccc2n[nH]nc2c1.O=C(O)c1ccc(NC(=O)c2ccc3n[nH]nc3c2)cc1.O=C(O)c1ccc2n[nH]nc2c1.O=[N+]([O-])c1ccc2n[nH]nc2c1.O=[N+]([O-])c1cccc2n[nH]nc12.c1ccc2n[nH]nc2c1. The van der Waals surface area contributed by atoms with Gasteiger partial charge in [0, 0.05) is 40.2 Å². The molecule has 0 aliphatic carbocycles. The van der Waals surface area contributed by atoms with Crippen molar-refractivity contribution >= 4 is 140 Å². The number of aryl methyl sites for hydroxylation is 2. The highest BCUT2D eigenvalue weighted by Crippen LogP contribution is 2.22. The number of nitrogens with zero attached hydrogens (tertiary/aromatic N) is 18. The van der Waals surface area contributed by atoms with Crippen LogP contribution in [0.2, 0.25) is 5.02 Å². The summed E-state index contributed by atoms with van der Waals surface area (Å²) in [7, 11) is 0. The topological polar surface area (TPSA) is 549 Å².